The number of anilines is 1. The molecule has 0 radical (unpaired) electrons. The van der Waals surface area contributed by atoms with Crippen LogP contribution in [0.2, 0.25) is 0 Å². The maximum Gasteiger partial charge on any atom is 0.266 e. The molecule has 31 heavy (non-hydrogen) atoms. The molecule has 4 aromatic rings. The molecule has 0 aliphatic carbocycles. The lowest BCUT2D eigenvalue weighted by Crippen LogP contribution is -2.30. The van der Waals surface area contributed by atoms with Crippen molar-refractivity contribution in [1.29, 1.82) is 0 Å². The van der Waals surface area contributed by atoms with Crippen molar-refractivity contribution in [3.05, 3.63) is 77.4 Å². The number of carbonyl (C=O) groups excluding carboxylic acids is 1. The van der Waals surface area contributed by atoms with Gasteiger partial charge in [0.15, 0.2) is 10.4 Å². The average Bonchev–Trinajstić information content (AvgIpc) is 3.22. The van der Waals surface area contributed by atoms with Crippen LogP contribution in [0.3, 0.4) is 0 Å². The van der Waals surface area contributed by atoms with Crippen molar-refractivity contribution in [3.63, 3.8) is 0 Å². The summed E-state index contributed by atoms with van der Waals surface area (Å²) in [6, 6.07) is 20.5. The molecule has 0 saturated carbocycles. The Morgan fingerprint density at radius 3 is 2.71 bits per heavy atom. The Morgan fingerprint density at radius 1 is 1.06 bits per heavy atom. The number of hydrogen-bond acceptors (Lipinski definition) is 6. The molecule has 5 nitrogen and oxygen atoms in total. The van der Waals surface area contributed by atoms with Gasteiger partial charge in [-0.25, -0.2) is 0 Å². The second-order valence-electron chi connectivity index (χ2n) is 7.25. The number of aromatic nitrogens is 2. The highest BCUT2D eigenvalue weighted by atomic mass is 32.2. The average molecular weight is 450 g/mol. The summed E-state index contributed by atoms with van der Waals surface area (Å²) in [7, 11) is 0. The molecule has 0 aliphatic rings. The third-order valence-corrected chi connectivity index (χ3v) is 7.12. The summed E-state index contributed by atoms with van der Waals surface area (Å²) in [5.41, 5.74) is 3.41. The van der Waals surface area contributed by atoms with Crippen LogP contribution in [-0.2, 0) is 10.5 Å². The Morgan fingerprint density at radius 2 is 1.84 bits per heavy atom. The van der Waals surface area contributed by atoms with Gasteiger partial charge in [0.25, 0.3) is 5.91 Å². The van der Waals surface area contributed by atoms with Crippen LogP contribution in [0.4, 0.5) is 5.13 Å². The zero-order chi connectivity index (χ0) is 21.8. The Labute approximate surface area is 189 Å². The van der Waals surface area contributed by atoms with E-state index in [-0.39, 0.29) is 5.91 Å². The highest BCUT2D eigenvalue weighted by molar-refractivity contribution is 8.00. The van der Waals surface area contributed by atoms with Crippen LogP contribution in [0.5, 0.6) is 5.75 Å². The van der Waals surface area contributed by atoms with E-state index in [9.17, 15) is 4.79 Å². The first kappa shape index (κ1) is 21.3. The predicted octanol–water partition coefficient (Wildman–Crippen LogP) is 6.01. The highest BCUT2D eigenvalue weighted by Gasteiger charge is 2.18. The van der Waals surface area contributed by atoms with E-state index < -0.39 is 6.10 Å². The number of benzene rings is 3. The van der Waals surface area contributed by atoms with Crippen molar-refractivity contribution in [1.82, 2.24) is 10.2 Å². The largest absolute Gasteiger partial charge is 0.481 e. The second kappa shape index (κ2) is 9.49. The highest BCUT2D eigenvalue weighted by Crippen LogP contribution is 2.31. The normalized spacial score (nSPS) is 12.0. The van der Waals surface area contributed by atoms with Crippen LogP contribution in [0.1, 0.15) is 23.6 Å². The van der Waals surface area contributed by atoms with E-state index in [0.29, 0.717) is 10.9 Å². The third kappa shape index (κ3) is 5.06. The smallest absolute Gasteiger partial charge is 0.266 e. The molecule has 1 unspecified atom stereocenters. The first-order valence-electron chi connectivity index (χ1n) is 9.98. The van der Waals surface area contributed by atoms with Crippen LogP contribution in [-0.4, -0.2) is 22.2 Å². The Balaban J connectivity index is 1.36. The predicted molar refractivity (Wildman–Crippen MR) is 128 cm³/mol. The third-order valence-electron chi connectivity index (χ3n) is 5.10. The number of fused-ring (bicyclic) bond motifs is 1. The molecule has 1 heterocycles. The molecule has 0 saturated heterocycles. The first-order chi connectivity index (χ1) is 15.0. The number of amides is 1. The molecular weight excluding hydrogens is 426 g/mol. The van der Waals surface area contributed by atoms with Crippen LogP contribution in [0.15, 0.2) is 65.0 Å². The summed E-state index contributed by atoms with van der Waals surface area (Å²) in [6.45, 7) is 5.74. The Hall–Kier alpha value is -2.90. The fraction of sp³-hybridized carbons (Fsp3) is 0.208. The lowest BCUT2D eigenvalue weighted by atomic mass is 10.1. The van der Waals surface area contributed by atoms with Gasteiger partial charge in [0.05, 0.1) is 0 Å². The van der Waals surface area contributed by atoms with Gasteiger partial charge in [-0.3, -0.25) is 10.1 Å². The van der Waals surface area contributed by atoms with Crippen LogP contribution in [0.25, 0.3) is 10.8 Å². The zero-order valence-corrected chi connectivity index (χ0v) is 19.2. The summed E-state index contributed by atoms with van der Waals surface area (Å²) in [4.78, 5) is 12.5. The molecule has 1 aromatic heterocycles. The number of ether oxygens (including phenoxy) is 1. The Kier molecular flexibility index (Phi) is 6.53. The summed E-state index contributed by atoms with van der Waals surface area (Å²) < 4.78 is 6.66. The lowest BCUT2D eigenvalue weighted by molar-refractivity contribution is -0.122. The summed E-state index contributed by atoms with van der Waals surface area (Å²) in [5.74, 6) is 1.25. The molecule has 1 atom stereocenters. The van der Waals surface area contributed by atoms with Crippen LogP contribution >= 0.6 is 23.1 Å². The lowest BCUT2D eigenvalue weighted by Gasteiger charge is -2.16. The van der Waals surface area contributed by atoms with E-state index >= 15 is 0 Å². The molecule has 0 spiro atoms. The summed E-state index contributed by atoms with van der Waals surface area (Å²) in [6.07, 6.45) is -0.642. The van der Waals surface area contributed by atoms with Gasteiger partial charge in [-0.2, -0.15) is 0 Å². The van der Waals surface area contributed by atoms with Crippen molar-refractivity contribution in [2.24, 2.45) is 0 Å². The Bertz CT molecular complexity index is 1220. The van der Waals surface area contributed by atoms with Crippen molar-refractivity contribution in [3.8, 4) is 5.75 Å². The number of nitrogens with zero attached hydrogens (tertiary/aromatic N) is 2. The first-order valence-corrected chi connectivity index (χ1v) is 11.8. The quantitative estimate of drug-likeness (QED) is 0.277. The van der Waals surface area contributed by atoms with E-state index in [4.69, 9.17) is 4.74 Å². The maximum atomic E-state index is 12.5. The SMILES string of the molecule is Cc1cccc(OC(C)C(=O)Nc2nnc(SCc3cccc4ccccc34)s2)c1C. The minimum absolute atomic E-state index is 0.248. The second-order valence-corrected chi connectivity index (χ2v) is 9.45. The van der Waals surface area contributed by atoms with Crippen molar-refractivity contribution >= 4 is 44.9 Å². The fourth-order valence-corrected chi connectivity index (χ4v) is 4.94. The molecule has 3 aromatic carbocycles. The molecule has 7 heteroatoms. The van der Waals surface area contributed by atoms with Gasteiger partial charge in [-0.05, 0) is 54.3 Å². The molecule has 0 aliphatic heterocycles. The van der Waals surface area contributed by atoms with Gasteiger partial charge in [-0.1, -0.05) is 77.7 Å². The molecule has 158 valence electrons. The van der Waals surface area contributed by atoms with E-state index in [0.717, 1.165) is 21.2 Å². The van der Waals surface area contributed by atoms with Crippen LogP contribution < -0.4 is 10.1 Å². The number of rotatable bonds is 7. The van der Waals surface area contributed by atoms with Crippen molar-refractivity contribution in [2.75, 3.05) is 5.32 Å². The number of carbonyl (C=O) groups is 1. The van der Waals surface area contributed by atoms with E-state index in [1.54, 1.807) is 18.7 Å². The molecule has 1 amide bonds. The molecule has 0 fully saturated rings. The van der Waals surface area contributed by atoms with Gasteiger partial charge >= 0.3 is 0 Å². The van der Waals surface area contributed by atoms with E-state index in [2.05, 4.69) is 51.9 Å². The zero-order valence-electron chi connectivity index (χ0n) is 17.6. The maximum absolute atomic E-state index is 12.5. The fourth-order valence-electron chi connectivity index (χ4n) is 3.18. The van der Waals surface area contributed by atoms with Crippen LogP contribution in [0, 0.1) is 13.8 Å². The number of aryl methyl sites for hydroxylation is 1. The number of nitrogens with one attached hydrogen (secondary N) is 1. The van der Waals surface area contributed by atoms with Gasteiger partial charge in [0.1, 0.15) is 5.75 Å². The van der Waals surface area contributed by atoms with Gasteiger partial charge < -0.3 is 4.74 Å². The molecule has 4 rings (SSSR count). The summed E-state index contributed by atoms with van der Waals surface area (Å²) in [5, 5.41) is 14.1. The van der Waals surface area contributed by atoms with Gasteiger partial charge in [-0.15, -0.1) is 10.2 Å². The van der Waals surface area contributed by atoms with E-state index in [1.165, 1.54) is 27.7 Å². The van der Waals surface area contributed by atoms with Crippen molar-refractivity contribution in [2.45, 2.75) is 37.0 Å². The number of thioether (sulfide) groups is 1. The van der Waals surface area contributed by atoms with Crippen molar-refractivity contribution < 1.29 is 9.53 Å². The molecular formula is C24H23N3O2S2. The van der Waals surface area contributed by atoms with Gasteiger partial charge in [0.2, 0.25) is 5.13 Å². The standard InChI is InChI=1S/C24H23N3O2S2/c1-15-8-6-13-21(16(15)2)29-17(3)22(28)25-23-26-27-24(31-23)30-14-19-11-7-10-18-9-4-5-12-20(18)19/h4-13,17H,14H2,1-3H3,(H,25,26,28). The summed E-state index contributed by atoms with van der Waals surface area (Å²) >= 11 is 2.98. The van der Waals surface area contributed by atoms with E-state index in [1.807, 2.05) is 38.1 Å². The minimum atomic E-state index is -0.642. The molecule has 1 N–H and O–H groups in total. The topological polar surface area (TPSA) is 64.1 Å². The van der Waals surface area contributed by atoms with Gasteiger partial charge in [0, 0.05) is 5.75 Å². The minimum Gasteiger partial charge on any atom is -0.481 e. The monoisotopic (exact) mass is 449 g/mol. The molecule has 0 bridgehead atoms. The number of hydrogen-bond donors (Lipinski definition) is 1.